The molecule has 0 atom stereocenters. The van der Waals surface area contributed by atoms with Crippen molar-refractivity contribution in [2.75, 3.05) is 5.32 Å². The van der Waals surface area contributed by atoms with Crippen LogP contribution in [0.25, 0.3) is 20.8 Å². The van der Waals surface area contributed by atoms with Gasteiger partial charge in [0.25, 0.3) is 0 Å². The Morgan fingerprint density at radius 1 is 0.882 bits per heavy atom. The third-order valence-corrected chi connectivity index (χ3v) is 7.13. The number of aryl methyl sites for hydroxylation is 2. The molecule has 3 nitrogen and oxygen atoms in total. The van der Waals surface area contributed by atoms with Crippen LogP contribution in [0.2, 0.25) is 5.02 Å². The van der Waals surface area contributed by atoms with Gasteiger partial charge in [-0.1, -0.05) is 41.9 Å². The molecule has 170 valence electrons. The van der Waals surface area contributed by atoms with Crippen LogP contribution in [0.15, 0.2) is 84.9 Å². The molecule has 5 heteroatoms. The number of hydrogen-bond acceptors (Lipinski definition) is 4. The zero-order chi connectivity index (χ0) is 23.5. The summed E-state index contributed by atoms with van der Waals surface area (Å²) in [5.41, 5.74) is 7.88. The largest absolute Gasteiger partial charge is 0.489 e. The second kappa shape index (κ2) is 9.88. The summed E-state index contributed by atoms with van der Waals surface area (Å²) in [4.78, 5) is 4.79. The van der Waals surface area contributed by atoms with E-state index in [4.69, 9.17) is 21.3 Å². The van der Waals surface area contributed by atoms with Crippen LogP contribution in [0.3, 0.4) is 0 Å². The highest BCUT2D eigenvalue weighted by Gasteiger charge is 2.09. The van der Waals surface area contributed by atoms with Crippen LogP contribution in [0, 0.1) is 13.8 Å². The third kappa shape index (κ3) is 5.09. The van der Waals surface area contributed by atoms with Gasteiger partial charge in [-0.05, 0) is 85.1 Å². The van der Waals surface area contributed by atoms with Gasteiger partial charge in [0.05, 0.1) is 10.2 Å². The lowest BCUT2D eigenvalue weighted by atomic mass is 10.1. The van der Waals surface area contributed by atoms with Gasteiger partial charge in [0.15, 0.2) is 0 Å². The Kier molecular flexibility index (Phi) is 6.52. The lowest BCUT2D eigenvalue weighted by molar-refractivity contribution is 0.302. The molecule has 0 unspecified atom stereocenters. The number of benzene rings is 4. The minimum Gasteiger partial charge on any atom is -0.489 e. The number of thiazole rings is 1. The Morgan fingerprint density at radius 3 is 2.53 bits per heavy atom. The fourth-order valence-corrected chi connectivity index (χ4v) is 5.10. The SMILES string of the molecule is Cc1ccc2nc(-c3ccc(NCc4cc(Cl)ccc4OCc4ccccc4C)cc3)sc2c1. The highest BCUT2D eigenvalue weighted by Crippen LogP contribution is 2.32. The van der Waals surface area contributed by atoms with Gasteiger partial charge in [0.2, 0.25) is 0 Å². The minimum absolute atomic E-state index is 0.525. The Hall–Kier alpha value is -3.34. The number of nitrogens with zero attached hydrogens (tertiary/aromatic N) is 1. The van der Waals surface area contributed by atoms with Crippen LogP contribution in [0.5, 0.6) is 5.75 Å². The summed E-state index contributed by atoms with van der Waals surface area (Å²) in [5.74, 6) is 0.835. The maximum atomic E-state index is 6.28. The molecule has 0 fully saturated rings. The summed E-state index contributed by atoms with van der Waals surface area (Å²) in [6, 6.07) is 28.8. The lowest BCUT2D eigenvalue weighted by Gasteiger charge is -2.14. The molecule has 0 bridgehead atoms. The standard InChI is InChI=1S/C29H25ClN2OS/c1-19-7-13-26-28(15-19)34-29(32-26)21-8-11-25(12-9-21)31-17-23-16-24(30)10-14-27(23)33-18-22-6-4-3-5-20(22)2/h3-16,31H,17-18H2,1-2H3. The number of fused-ring (bicyclic) bond motifs is 1. The summed E-state index contributed by atoms with van der Waals surface area (Å²) in [6.07, 6.45) is 0. The molecule has 5 rings (SSSR count). The summed E-state index contributed by atoms with van der Waals surface area (Å²) in [6.45, 7) is 5.35. The second-order valence-corrected chi connectivity index (χ2v) is 9.86. The molecule has 0 aliphatic rings. The number of nitrogens with one attached hydrogen (secondary N) is 1. The molecule has 0 amide bonds. The fourth-order valence-electron chi connectivity index (χ4n) is 3.84. The first kappa shape index (κ1) is 22.5. The molecule has 0 aliphatic heterocycles. The number of hydrogen-bond donors (Lipinski definition) is 1. The van der Waals surface area contributed by atoms with Crippen molar-refractivity contribution in [3.63, 3.8) is 0 Å². The molecule has 5 aromatic rings. The van der Waals surface area contributed by atoms with Crippen LogP contribution in [0.1, 0.15) is 22.3 Å². The Morgan fingerprint density at radius 2 is 1.71 bits per heavy atom. The van der Waals surface area contributed by atoms with Crippen molar-refractivity contribution >= 4 is 38.8 Å². The Bertz CT molecular complexity index is 1440. The van der Waals surface area contributed by atoms with Crippen molar-refractivity contribution in [1.82, 2.24) is 4.98 Å². The zero-order valence-electron chi connectivity index (χ0n) is 19.1. The lowest BCUT2D eigenvalue weighted by Crippen LogP contribution is -2.04. The van der Waals surface area contributed by atoms with Crippen molar-refractivity contribution in [3.8, 4) is 16.3 Å². The molecule has 4 aromatic carbocycles. The van der Waals surface area contributed by atoms with Gasteiger partial charge in [0.1, 0.15) is 17.4 Å². The highest BCUT2D eigenvalue weighted by atomic mass is 35.5. The van der Waals surface area contributed by atoms with E-state index in [1.54, 1.807) is 11.3 Å². The van der Waals surface area contributed by atoms with Crippen LogP contribution in [-0.2, 0) is 13.2 Å². The van der Waals surface area contributed by atoms with Crippen LogP contribution >= 0.6 is 22.9 Å². The van der Waals surface area contributed by atoms with E-state index in [9.17, 15) is 0 Å². The van der Waals surface area contributed by atoms with E-state index < -0.39 is 0 Å². The van der Waals surface area contributed by atoms with Crippen LogP contribution in [0.4, 0.5) is 5.69 Å². The van der Waals surface area contributed by atoms with E-state index in [1.807, 2.05) is 30.3 Å². The predicted octanol–water partition coefficient (Wildman–Crippen LogP) is 8.42. The molecule has 0 aliphatic carbocycles. The topological polar surface area (TPSA) is 34.2 Å². The Balaban J connectivity index is 1.28. The van der Waals surface area contributed by atoms with Gasteiger partial charge in [-0.2, -0.15) is 0 Å². The van der Waals surface area contributed by atoms with E-state index in [0.717, 1.165) is 33.1 Å². The van der Waals surface area contributed by atoms with Crippen LogP contribution in [-0.4, -0.2) is 4.98 Å². The van der Waals surface area contributed by atoms with Gasteiger partial charge >= 0.3 is 0 Å². The highest BCUT2D eigenvalue weighted by molar-refractivity contribution is 7.21. The monoisotopic (exact) mass is 484 g/mol. The first-order valence-electron chi connectivity index (χ1n) is 11.2. The van der Waals surface area contributed by atoms with Crippen molar-refractivity contribution < 1.29 is 4.74 Å². The fraction of sp³-hybridized carbons (Fsp3) is 0.138. The average Bonchev–Trinajstić information content (AvgIpc) is 3.26. The first-order chi connectivity index (χ1) is 16.5. The predicted molar refractivity (Wildman–Crippen MR) is 144 cm³/mol. The van der Waals surface area contributed by atoms with E-state index >= 15 is 0 Å². The van der Waals surface area contributed by atoms with Gasteiger partial charge in [0, 0.05) is 28.4 Å². The number of anilines is 1. The third-order valence-electron chi connectivity index (χ3n) is 5.83. The average molecular weight is 485 g/mol. The summed E-state index contributed by atoms with van der Waals surface area (Å²) >= 11 is 8.01. The molecule has 1 heterocycles. The molecule has 0 saturated carbocycles. The number of halogens is 1. The maximum Gasteiger partial charge on any atom is 0.124 e. The molecular formula is C29H25ClN2OS. The quantitative estimate of drug-likeness (QED) is 0.251. The molecule has 1 N–H and O–H groups in total. The second-order valence-electron chi connectivity index (χ2n) is 8.39. The maximum absolute atomic E-state index is 6.28. The van der Waals surface area contributed by atoms with E-state index in [-0.39, 0.29) is 0 Å². The van der Waals surface area contributed by atoms with Crippen molar-refractivity contribution in [2.45, 2.75) is 27.0 Å². The molecule has 0 saturated heterocycles. The number of ether oxygens (including phenoxy) is 1. The normalized spacial score (nSPS) is 11.0. The van der Waals surface area contributed by atoms with Crippen molar-refractivity contribution in [1.29, 1.82) is 0 Å². The van der Waals surface area contributed by atoms with Gasteiger partial charge in [-0.3, -0.25) is 0 Å². The molecule has 0 radical (unpaired) electrons. The molecule has 1 aromatic heterocycles. The number of rotatable bonds is 7. The van der Waals surface area contributed by atoms with Gasteiger partial charge < -0.3 is 10.1 Å². The van der Waals surface area contributed by atoms with Crippen molar-refractivity contribution in [2.24, 2.45) is 0 Å². The Labute approximate surface area is 209 Å². The summed E-state index contributed by atoms with van der Waals surface area (Å²) in [5, 5.41) is 5.23. The summed E-state index contributed by atoms with van der Waals surface area (Å²) < 4.78 is 7.37. The van der Waals surface area contributed by atoms with Gasteiger partial charge in [-0.15, -0.1) is 11.3 Å². The minimum atomic E-state index is 0.525. The van der Waals surface area contributed by atoms with Crippen LogP contribution < -0.4 is 10.1 Å². The number of aromatic nitrogens is 1. The van der Waals surface area contributed by atoms with Crippen molar-refractivity contribution in [3.05, 3.63) is 112 Å². The smallest absolute Gasteiger partial charge is 0.124 e. The van der Waals surface area contributed by atoms with E-state index in [1.165, 1.54) is 21.4 Å². The summed E-state index contributed by atoms with van der Waals surface area (Å²) in [7, 11) is 0. The van der Waals surface area contributed by atoms with E-state index in [2.05, 4.69) is 73.8 Å². The van der Waals surface area contributed by atoms with Gasteiger partial charge in [-0.25, -0.2) is 4.98 Å². The first-order valence-corrected chi connectivity index (χ1v) is 12.4. The molecular weight excluding hydrogens is 460 g/mol. The zero-order valence-corrected chi connectivity index (χ0v) is 20.7. The van der Waals surface area contributed by atoms with E-state index in [0.29, 0.717) is 18.2 Å². The molecule has 0 spiro atoms. The molecule has 34 heavy (non-hydrogen) atoms.